The van der Waals surface area contributed by atoms with Crippen molar-refractivity contribution in [3.05, 3.63) is 52.5 Å². The van der Waals surface area contributed by atoms with Crippen LogP contribution in [0.2, 0.25) is 10.0 Å². The van der Waals surface area contributed by atoms with Crippen LogP contribution in [0.4, 0.5) is 11.4 Å². The van der Waals surface area contributed by atoms with E-state index in [9.17, 15) is 8.42 Å². The van der Waals surface area contributed by atoms with Gasteiger partial charge in [0.05, 0.1) is 20.6 Å². The van der Waals surface area contributed by atoms with Gasteiger partial charge in [0.15, 0.2) is 5.11 Å². The van der Waals surface area contributed by atoms with Gasteiger partial charge in [0.25, 0.3) is 10.0 Å². The SMILES string of the molecule is O=S(=O)(Nc1ccc(Cl)c(Cl)c1)c1ccc(NC(=S)NC2CCCCC2)cc1. The molecule has 1 fully saturated rings. The number of rotatable bonds is 5. The van der Waals surface area contributed by atoms with E-state index in [1.165, 1.54) is 43.5 Å². The summed E-state index contributed by atoms with van der Waals surface area (Å²) in [4.78, 5) is 0.135. The topological polar surface area (TPSA) is 70.2 Å². The Bertz CT molecular complexity index is 944. The summed E-state index contributed by atoms with van der Waals surface area (Å²) in [5.41, 5.74) is 1.07. The molecule has 2 aromatic carbocycles. The minimum Gasteiger partial charge on any atom is -0.360 e. The first-order chi connectivity index (χ1) is 13.3. The Kier molecular flexibility index (Phi) is 7.04. The molecule has 5 nitrogen and oxygen atoms in total. The molecule has 0 spiro atoms. The third-order valence-corrected chi connectivity index (χ3v) is 6.89. The lowest BCUT2D eigenvalue weighted by atomic mass is 9.96. The highest BCUT2D eigenvalue weighted by molar-refractivity contribution is 7.92. The fraction of sp³-hybridized carbons (Fsp3) is 0.316. The van der Waals surface area contributed by atoms with Crippen molar-refractivity contribution in [3.63, 3.8) is 0 Å². The van der Waals surface area contributed by atoms with Crippen LogP contribution in [0, 0.1) is 0 Å². The predicted octanol–water partition coefficient (Wildman–Crippen LogP) is 5.41. The van der Waals surface area contributed by atoms with Gasteiger partial charge < -0.3 is 10.6 Å². The van der Waals surface area contributed by atoms with Gasteiger partial charge in [-0.1, -0.05) is 42.5 Å². The second kappa shape index (κ2) is 9.31. The van der Waals surface area contributed by atoms with Crippen LogP contribution in [-0.4, -0.2) is 19.6 Å². The molecule has 0 atom stereocenters. The molecule has 1 aliphatic rings. The van der Waals surface area contributed by atoms with Gasteiger partial charge in [0, 0.05) is 11.7 Å². The van der Waals surface area contributed by atoms with Crippen molar-refractivity contribution in [2.75, 3.05) is 10.0 Å². The molecule has 1 saturated carbocycles. The summed E-state index contributed by atoms with van der Waals surface area (Å²) in [6.07, 6.45) is 5.97. The number of sulfonamides is 1. The Morgan fingerprint density at radius 3 is 2.21 bits per heavy atom. The monoisotopic (exact) mass is 457 g/mol. The maximum atomic E-state index is 12.5. The van der Waals surface area contributed by atoms with Crippen molar-refractivity contribution in [2.45, 2.75) is 43.0 Å². The van der Waals surface area contributed by atoms with Gasteiger partial charge in [0.1, 0.15) is 0 Å². The molecule has 0 amide bonds. The number of nitrogens with one attached hydrogen (secondary N) is 3. The third-order valence-electron chi connectivity index (χ3n) is 4.53. The van der Waals surface area contributed by atoms with Crippen molar-refractivity contribution < 1.29 is 8.42 Å². The number of benzene rings is 2. The molecular formula is C19H21Cl2N3O2S2. The van der Waals surface area contributed by atoms with E-state index in [0.29, 0.717) is 21.9 Å². The highest BCUT2D eigenvalue weighted by Crippen LogP contribution is 2.26. The second-order valence-corrected chi connectivity index (χ2v) is 9.60. The Hall–Kier alpha value is -1.54. The Morgan fingerprint density at radius 2 is 1.57 bits per heavy atom. The first-order valence-electron chi connectivity index (χ1n) is 8.99. The van der Waals surface area contributed by atoms with Crippen LogP contribution < -0.4 is 15.4 Å². The zero-order valence-corrected chi connectivity index (χ0v) is 18.2. The van der Waals surface area contributed by atoms with Crippen LogP contribution in [0.5, 0.6) is 0 Å². The minimum atomic E-state index is -3.74. The molecule has 28 heavy (non-hydrogen) atoms. The average molecular weight is 458 g/mol. The van der Waals surface area contributed by atoms with E-state index in [-0.39, 0.29) is 9.92 Å². The average Bonchev–Trinajstić information content (AvgIpc) is 2.66. The van der Waals surface area contributed by atoms with Crippen molar-refractivity contribution in [1.82, 2.24) is 5.32 Å². The zero-order valence-electron chi connectivity index (χ0n) is 15.0. The summed E-state index contributed by atoms with van der Waals surface area (Å²) in [6, 6.07) is 11.4. The lowest BCUT2D eigenvalue weighted by Gasteiger charge is -2.24. The van der Waals surface area contributed by atoms with E-state index in [2.05, 4.69) is 15.4 Å². The molecule has 2 aromatic rings. The van der Waals surface area contributed by atoms with E-state index in [0.717, 1.165) is 18.5 Å². The molecule has 0 aliphatic heterocycles. The second-order valence-electron chi connectivity index (χ2n) is 6.69. The Balaban J connectivity index is 1.62. The van der Waals surface area contributed by atoms with Gasteiger partial charge in [-0.2, -0.15) is 0 Å². The summed E-state index contributed by atoms with van der Waals surface area (Å²) in [5, 5.41) is 7.61. The van der Waals surface area contributed by atoms with Crippen LogP contribution in [0.3, 0.4) is 0 Å². The van der Waals surface area contributed by atoms with Crippen molar-refractivity contribution >= 4 is 61.9 Å². The fourth-order valence-corrected chi connectivity index (χ4v) is 4.72. The van der Waals surface area contributed by atoms with Crippen LogP contribution >= 0.6 is 35.4 Å². The molecule has 9 heteroatoms. The number of anilines is 2. The van der Waals surface area contributed by atoms with Gasteiger partial charge in [-0.15, -0.1) is 0 Å². The first-order valence-corrected chi connectivity index (χ1v) is 11.6. The Labute approximate surface area is 180 Å². The highest BCUT2D eigenvalue weighted by atomic mass is 35.5. The number of hydrogen-bond acceptors (Lipinski definition) is 3. The van der Waals surface area contributed by atoms with Gasteiger partial charge in [-0.25, -0.2) is 8.42 Å². The molecular weight excluding hydrogens is 437 g/mol. The first kappa shape index (κ1) is 21.2. The number of halogens is 2. The van der Waals surface area contributed by atoms with Gasteiger partial charge in [-0.3, -0.25) is 4.72 Å². The van der Waals surface area contributed by atoms with Gasteiger partial charge in [-0.05, 0) is 67.5 Å². The standard InChI is InChI=1S/C19H21Cl2N3O2S2/c20-17-11-8-15(12-18(17)21)24-28(25,26)16-9-6-14(7-10-16)23-19(27)22-13-4-2-1-3-5-13/h6-13,24H,1-5H2,(H2,22,23,27). The highest BCUT2D eigenvalue weighted by Gasteiger charge is 2.16. The fourth-order valence-electron chi connectivity index (χ4n) is 3.09. The molecule has 0 unspecified atom stereocenters. The van der Waals surface area contributed by atoms with E-state index < -0.39 is 10.0 Å². The Morgan fingerprint density at radius 1 is 0.929 bits per heavy atom. The summed E-state index contributed by atoms with van der Waals surface area (Å²) < 4.78 is 27.6. The van der Waals surface area contributed by atoms with E-state index in [1.54, 1.807) is 18.2 Å². The molecule has 0 saturated heterocycles. The van der Waals surface area contributed by atoms with E-state index >= 15 is 0 Å². The largest absolute Gasteiger partial charge is 0.360 e. The van der Waals surface area contributed by atoms with Crippen molar-refractivity contribution in [2.24, 2.45) is 0 Å². The normalized spacial score (nSPS) is 15.1. The van der Waals surface area contributed by atoms with Gasteiger partial charge >= 0.3 is 0 Å². The molecule has 3 rings (SSSR count). The van der Waals surface area contributed by atoms with Crippen LogP contribution in [0.25, 0.3) is 0 Å². The van der Waals surface area contributed by atoms with Gasteiger partial charge in [0.2, 0.25) is 0 Å². The van der Waals surface area contributed by atoms with E-state index in [4.69, 9.17) is 35.4 Å². The molecule has 1 aliphatic carbocycles. The maximum absolute atomic E-state index is 12.5. The zero-order chi connectivity index (χ0) is 20.1. The lowest BCUT2D eigenvalue weighted by Crippen LogP contribution is -2.38. The summed E-state index contributed by atoms with van der Waals surface area (Å²) in [6.45, 7) is 0. The van der Waals surface area contributed by atoms with Crippen LogP contribution in [0.15, 0.2) is 47.4 Å². The van der Waals surface area contributed by atoms with Crippen molar-refractivity contribution in [3.8, 4) is 0 Å². The number of hydrogen-bond donors (Lipinski definition) is 3. The summed E-state index contributed by atoms with van der Waals surface area (Å²) in [7, 11) is -3.74. The maximum Gasteiger partial charge on any atom is 0.261 e. The predicted molar refractivity (Wildman–Crippen MR) is 120 cm³/mol. The minimum absolute atomic E-state index is 0.135. The summed E-state index contributed by atoms with van der Waals surface area (Å²) >= 11 is 17.1. The van der Waals surface area contributed by atoms with Crippen LogP contribution in [0.1, 0.15) is 32.1 Å². The molecule has 0 radical (unpaired) electrons. The molecule has 0 bridgehead atoms. The molecule has 3 N–H and O–H groups in total. The molecule has 150 valence electrons. The van der Waals surface area contributed by atoms with E-state index in [1.807, 2.05) is 0 Å². The lowest BCUT2D eigenvalue weighted by molar-refractivity contribution is 0.415. The van der Waals surface area contributed by atoms with Crippen LogP contribution in [-0.2, 0) is 10.0 Å². The third kappa shape index (κ3) is 5.73. The smallest absolute Gasteiger partial charge is 0.261 e. The number of thiocarbonyl (C=S) groups is 1. The quantitative estimate of drug-likeness (QED) is 0.523. The van der Waals surface area contributed by atoms with Crippen molar-refractivity contribution in [1.29, 1.82) is 0 Å². The molecule has 0 heterocycles. The summed E-state index contributed by atoms with van der Waals surface area (Å²) in [5.74, 6) is 0. The molecule has 0 aromatic heterocycles.